The quantitative estimate of drug-likeness (QED) is 0.0737. The number of nitrogens with one attached hydrogen (secondary N) is 3. The van der Waals surface area contributed by atoms with Crippen LogP contribution in [0.2, 0.25) is 0 Å². The van der Waals surface area contributed by atoms with Crippen molar-refractivity contribution in [1.29, 1.82) is 0 Å². The zero-order valence-corrected chi connectivity index (χ0v) is 18.3. The number of nitrogens with two attached hydrogens (primary N) is 1. The monoisotopic (exact) mass is 477 g/mol. The van der Waals surface area contributed by atoms with Crippen molar-refractivity contribution < 1.29 is 47.8 Å². The Hall–Kier alpha value is -2.85. The number of imide groups is 1. The summed E-state index contributed by atoms with van der Waals surface area (Å²) in [6, 6.07) is 0. The molecule has 15 nitrogen and oxygen atoms in total. The van der Waals surface area contributed by atoms with Gasteiger partial charge < -0.3 is 29.1 Å². The highest BCUT2D eigenvalue weighted by molar-refractivity contribution is 6.01. The molecule has 0 unspecified atom stereocenters. The van der Waals surface area contributed by atoms with Crippen molar-refractivity contribution in [1.82, 2.24) is 21.3 Å². The molecule has 0 aliphatic carbocycles. The second-order valence-electron chi connectivity index (χ2n) is 6.49. The molecule has 0 atom stereocenters. The third kappa shape index (κ3) is 14.0. The third-order valence-electron chi connectivity index (χ3n) is 3.93. The van der Waals surface area contributed by atoms with E-state index in [1.165, 1.54) is 0 Å². The molecule has 0 radical (unpaired) electrons. The average Bonchev–Trinajstić information content (AvgIpc) is 3.09. The summed E-state index contributed by atoms with van der Waals surface area (Å²) in [6.45, 7) is 2.25. The smallest absolute Gasteiger partial charge is 0.422 e. The summed E-state index contributed by atoms with van der Waals surface area (Å²) >= 11 is 0. The standard InChI is InChI=1S/C18H31N5O10/c19-22-21-18(28)32-13-12-31-11-10-30-9-8-29-7-6-20-14(24)2-1-3-17(27)33-23-15(25)4-5-16(23)26/h22H,1-13,19H2,(H,20,24)(H,21,28). The SMILES string of the molecule is NNNC(=O)OCCOCCOCCOCCNC(=O)CCCC(=O)ON1C(=O)CCC1=O. The summed E-state index contributed by atoms with van der Waals surface area (Å²) in [7, 11) is 0. The summed E-state index contributed by atoms with van der Waals surface area (Å²) in [5.41, 5.74) is 3.97. The van der Waals surface area contributed by atoms with Crippen LogP contribution in [-0.4, -0.2) is 87.6 Å². The van der Waals surface area contributed by atoms with Crippen molar-refractivity contribution in [2.24, 2.45) is 5.84 Å². The van der Waals surface area contributed by atoms with E-state index in [2.05, 4.69) is 5.32 Å². The molecule has 1 fully saturated rings. The Morgan fingerprint density at radius 3 is 2.03 bits per heavy atom. The largest absolute Gasteiger partial charge is 0.446 e. The number of carbonyl (C=O) groups is 5. The molecule has 33 heavy (non-hydrogen) atoms. The lowest BCUT2D eigenvalue weighted by Gasteiger charge is -2.12. The molecule has 1 rings (SSSR count). The van der Waals surface area contributed by atoms with E-state index in [-0.39, 0.29) is 51.2 Å². The highest BCUT2D eigenvalue weighted by atomic mass is 16.7. The number of rotatable bonds is 18. The number of hydrogen-bond acceptors (Lipinski definition) is 12. The lowest BCUT2D eigenvalue weighted by atomic mass is 10.2. The third-order valence-corrected chi connectivity index (χ3v) is 3.93. The molecule has 0 bridgehead atoms. The van der Waals surface area contributed by atoms with Crippen LogP contribution in [-0.2, 0) is 43.0 Å². The van der Waals surface area contributed by atoms with Gasteiger partial charge in [0, 0.05) is 32.2 Å². The number of nitrogens with zero attached hydrogens (tertiary/aromatic N) is 1. The van der Waals surface area contributed by atoms with E-state index >= 15 is 0 Å². The van der Waals surface area contributed by atoms with Gasteiger partial charge >= 0.3 is 12.1 Å². The predicted molar refractivity (Wildman–Crippen MR) is 108 cm³/mol. The highest BCUT2D eigenvalue weighted by Crippen LogP contribution is 2.13. The minimum Gasteiger partial charge on any atom is -0.446 e. The normalized spacial score (nSPS) is 13.2. The molecule has 1 aliphatic heterocycles. The first kappa shape index (κ1) is 28.2. The lowest BCUT2D eigenvalue weighted by Crippen LogP contribution is -2.42. The molecule has 1 heterocycles. The molecule has 1 aliphatic rings. The number of hydrogen-bond donors (Lipinski definition) is 4. The molecule has 188 valence electrons. The molecule has 0 aromatic carbocycles. The zero-order valence-electron chi connectivity index (χ0n) is 18.3. The Morgan fingerprint density at radius 1 is 0.848 bits per heavy atom. The molecule has 0 aromatic rings. The molecule has 0 spiro atoms. The molecule has 0 saturated carbocycles. The number of amides is 4. The predicted octanol–water partition coefficient (Wildman–Crippen LogP) is -1.97. The number of ether oxygens (including phenoxy) is 4. The average molecular weight is 477 g/mol. The van der Waals surface area contributed by atoms with Crippen LogP contribution in [0.25, 0.3) is 0 Å². The zero-order chi connectivity index (χ0) is 24.3. The van der Waals surface area contributed by atoms with Gasteiger partial charge in [-0.25, -0.2) is 15.0 Å². The van der Waals surface area contributed by atoms with E-state index in [0.29, 0.717) is 44.6 Å². The van der Waals surface area contributed by atoms with Gasteiger partial charge in [0.05, 0.1) is 39.6 Å². The first-order valence-corrected chi connectivity index (χ1v) is 10.4. The van der Waals surface area contributed by atoms with Gasteiger partial charge in [-0.2, -0.15) is 5.53 Å². The van der Waals surface area contributed by atoms with Crippen molar-refractivity contribution in [2.75, 3.05) is 52.8 Å². The number of hydroxylamine groups is 2. The lowest BCUT2D eigenvalue weighted by molar-refractivity contribution is -0.197. The first-order valence-electron chi connectivity index (χ1n) is 10.4. The maximum Gasteiger partial charge on any atom is 0.422 e. The van der Waals surface area contributed by atoms with Crippen LogP contribution in [0, 0.1) is 0 Å². The Kier molecular flexibility index (Phi) is 15.1. The fraction of sp³-hybridized carbons (Fsp3) is 0.722. The maximum atomic E-state index is 11.7. The maximum absolute atomic E-state index is 11.7. The van der Waals surface area contributed by atoms with Gasteiger partial charge in [-0.3, -0.25) is 20.2 Å². The van der Waals surface area contributed by atoms with Crippen LogP contribution in [0.5, 0.6) is 0 Å². The van der Waals surface area contributed by atoms with Crippen LogP contribution in [0.3, 0.4) is 0 Å². The van der Waals surface area contributed by atoms with E-state index in [0.717, 1.165) is 0 Å². The van der Waals surface area contributed by atoms with Crippen LogP contribution >= 0.6 is 0 Å². The number of hydrazine groups is 2. The second kappa shape index (κ2) is 17.7. The van der Waals surface area contributed by atoms with E-state index in [4.69, 9.17) is 29.6 Å². The summed E-state index contributed by atoms with van der Waals surface area (Å²) in [4.78, 5) is 61.6. The molecular formula is C18H31N5O10. The van der Waals surface area contributed by atoms with E-state index in [9.17, 15) is 24.0 Å². The Morgan fingerprint density at radius 2 is 1.42 bits per heavy atom. The Bertz CT molecular complexity index is 632. The van der Waals surface area contributed by atoms with Crippen LogP contribution < -0.4 is 22.1 Å². The Labute approximate surface area is 190 Å². The Balaban J connectivity index is 1.84. The van der Waals surface area contributed by atoms with Crippen LogP contribution in [0.15, 0.2) is 0 Å². The van der Waals surface area contributed by atoms with Gasteiger partial charge in [0.1, 0.15) is 6.61 Å². The molecule has 5 N–H and O–H groups in total. The minimum absolute atomic E-state index is 0.0317. The van der Waals surface area contributed by atoms with Gasteiger partial charge in [-0.1, -0.05) is 0 Å². The first-order chi connectivity index (χ1) is 15.9. The van der Waals surface area contributed by atoms with E-state index in [1.54, 1.807) is 0 Å². The van der Waals surface area contributed by atoms with Crippen molar-refractivity contribution in [3.63, 3.8) is 0 Å². The minimum atomic E-state index is -0.735. The van der Waals surface area contributed by atoms with Gasteiger partial charge in [0.25, 0.3) is 11.8 Å². The number of carbonyl (C=O) groups excluding carboxylic acids is 5. The van der Waals surface area contributed by atoms with Crippen molar-refractivity contribution in [3.05, 3.63) is 0 Å². The fourth-order valence-electron chi connectivity index (χ4n) is 2.38. The summed E-state index contributed by atoms with van der Waals surface area (Å²) in [6.07, 6.45) is -0.410. The fourth-order valence-corrected chi connectivity index (χ4v) is 2.38. The van der Waals surface area contributed by atoms with Gasteiger partial charge in [0.2, 0.25) is 5.91 Å². The van der Waals surface area contributed by atoms with Crippen molar-refractivity contribution in [2.45, 2.75) is 32.1 Å². The van der Waals surface area contributed by atoms with Gasteiger partial charge in [0.15, 0.2) is 0 Å². The summed E-state index contributed by atoms with van der Waals surface area (Å²) < 4.78 is 20.5. The highest BCUT2D eigenvalue weighted by Gasteiger charge is 2.32. The summed E-state index contributed by atoms with van der Waals surface area (Å²) in [5, 5.41) is 3.13. The van der Waals surface area contributed by atoms with Crippen molar-refractivity contribution >= 4 is 29.8 Å². The summed E-state index contributed by atoms with van der Waals surface area (Å²) in [5.74, 6) is 2.79. The van der Waals surface area contributed by atoms with E-state index in [1.807, 2.05) is 11.0 Å². The molecule has 1 saturated heterocycles. The molecule has 15 heteroatoms. The van der Waals surface area contributed by atoms with E-state index < -0.39 is 23.9 Å². The van der Waals surface area contributed by atoms with Crippen LogP contribution in [0.4, 0.5) is 4.79 Å². The van der Waals surface area contributed by atoms with Crippen molar-refractivity contribution in [3.8, 4) is 0 Å². The second-order valence-corrected chi connectivity index (χ2v) is 6.49. The topological polar surface area (TPSA) is 197 Å². The van der Waals surface area contributed by atoms with Crippen LogP contribution in [0.1, 0.15) is 32.1 Å². The van der Waals surface area contributed by atoms with Gasteiger partial charge in [-0.05, 0) is 6.42 Å². The molecular weight excluding hydrogens is 446 g/mol. The molecule has 4 amide bonds. The van der Waals surface area contributed by atoms with Gasteiger partial charge in [-0.15, -0.1) is 5.06 Å². The molecule has 0 aromatic heterocycles.